The fraction of sp³-hybridized carbons (Fsp3) is 0.571. The normalized spacial score (nSPS) is 11.6. The summed E-state index contributed by atoms with van der Waals surface area (Å²) in [4.78, 5) is 23.0. The molecule has 0 aliphatic heterocycles. The number of carbonyl (C=O) groups excluding carboxylic acids is 2. The van der Waals surface area contributed by atoms with E-state index in [0.29, 0.717) is 6.42 Å². The Hall–Kier alpha value is -1.38. The van der Waals surface area contributed by atoms with Crippen LogP contribution in [0.4, 0.5) is 0 Å². The van der Waals surface area contributed by atoms with Gasteiger partial charge in [0.25, 0.3) is 0 Å². The molecule has 0 radical (unpaired) electrons. The van der Waals surface area contributed by atoms with Crippen molar-refractivity contribution in [1.29, 1.82) is 0 Å². The van der Waals surface area contributed by atoms with Gasteiger partial charge < -0.3 is 4.74 Å². The lowest BCUT2D eigenvalue weighted by Gasteiger charge is -2.08. The van der Waals surface area contributed by atoms with Crippen molar-refractivity contribution in [2.45, 2.75) is 47.5 Å². The van der Waals surface area contributed by atoms with Crippen LogP contribution in [0.5, 0.6) is 0 Å². The van der Waals surface area contributed by atoms with Gasteiger partial charge in [-0.3, -0.25) is 4.79 Å². The smallest absolute Gasteiger partial charge is 0.341 e. The maximum Gasteiger partial charge on any atom is 0.341 e. The first kappa shape index (κ1) is 15.6. The highest BCUT2D eigenvalue weighted by Crippen LogP contribution is 2.14. The van der Waals surface area contributed by atoms with Crippen molar-refractivity contribution >= 4 is 11.8 Å². The number of Topliss-reactive ketones (excluding diaryl/α,β-unsaturated/α-hetero) is 1. The quantitative estimate of drug-likeness (QED) is 0.235. The number of esters is 1. The predicted molar refractivity (Wildman–Crippen MR) is 68.7 cm³/mol. The Balaban J connectivity index is 4.81. The summed E-state index contributed by atoms with van der Waals surface area (Å²) in [7, 11) is 0. The SMILES string of the molecule is CCOC(=O)/C(C(C)=O)=C(\C)CCC=C(C)C. The van der Waals surface area contributed by atoms with Crippen LogP contribution in [0.3, 0.4) is 0 Å². The van der Waals surface area contributed by atoms with Gasteiger partial charge in [0.2, 0.25) is 0 Å². The van der Waals surface area contributed by atoms with Crippen LogP contribution < -0.4 is 0 Å². The fourth-order valence-corrected chi connectivity index (χ4v) is 1.52. The van der Waals surface area contributed by atoms with Crippen molar-refractivity contribution in [1.82, 2.24) is 0 Å². The van der Waals surface area contributed by atoms with Crippen LogP contribution >= 0.6 is 0 Å². The van der Waals surface area contributed by atoms with Gasteiger partial charge in [0.05, 0.1) is 6.61 Å². The van der Waals surface area contributed by atoms with Gasteiger partial charge in [-0.2, -0.15) is 0 Å². The Labute approximate surface area is 104 Å². The number of hydrogen-bond acceptors (Lipinski definition) is 3. The average Bonchev–Trinajstić information content (AvgIpc) is 2.16. The maximum atomic E-state index is 11.6. The molecule has 0 aliphatic rings. The maximum absolute atomic E-state index is 11.6. The van der Waals surface area contributed by atoms with Gasteiger partial charge >= 0.3 is 5.97 Å². The monoisotopic (exact) mass is 238 g/mol. The zero-order chi connectivity index (χ0) is 13.4. The predicted octanol–water partition coefficient (Wildman–Crippen LogP) is 3.20. The molecule has 3 heteroatoms. The van der Waals surface area contributed by atoms with Gasteiger partial charge in [-0.15, -0.1) is 0 Å². The Kier molecular flexibility index (Phi) is 7.19. The molecule has 0 aromatic carbocycles. The molecule has 17 heavy (non-hydrogen) atoms. The Bertz CT molecular complexity index is 344. The summed E-state index contributed by atoms with van der Waals surface area (Å²) in [6, 6.07) is 0. The summed E-state index contributed by atoms with van der Waals surface area (Å²) in [5.74, 6) is -0.729. The Morgan fingerprint density at radius 3 is 2.12 bits per heavy atom. The second-order valence-corrected chi connectivity index (χ2v) is 4.25. The summed E-state index contributed by atoms with van der Waals surface area (Å²) in [6.07, 6.45) is 3.63. The minimum Gasteiger partial charge on any atom is -0.462 e. The highest BCUT2D eigenvalue weighted by atomic mass is 16.5. The summed E-state index contributed by atoms with van der Waals surface area (Å²) in [6.45, 7) is 9.28. The highest BCUT2D eigenvalue weighted by Gasteiger charge is 2.18. The van der Waals surface area contributed by atoms with Gasteiger partial charge in [-0.25, -0.2) is 4.79 Å². The summed E-state index contributed by atoms with van der Waals surface area (Å²) < 4.78 is 4.88. The minimum atomic E-state index is -0.505. The third kappa shape index (κ3) is 6.05. The number of ether oxygens (including phenoxy) is 1. The third-order valence-electron chi connectivity index (χ3n) is 2.33. The van der Waals surface area contributed by atoms with Crippen LogP contribution in [0.15, 0.2) is 22.8 Å². The third-order valence-corrected chi connectivity index (χ3v) is 2.33. The second kappa shape index (κ2) is 7.82. The zero-order valence-electron chi connectivity index (χ0n) is 11.4. The van der Waals surface area contributed by atoms with Gasteiger partial charge in [0, 0.05) is 0 Å². The van der Waals surface area contributed by atoms with Crippen LogP contribution in [0, 0.1) is 0 Å². The van der Waals surface area contributed by atoms with Crippen LogP contribution in [0.2, 0.25) is 0 Å². The van der Waals surface area contributed by atoms with Gasteiger partial charge in [0.1, 0.15) is 5.57 Å². The van der Waals surface area contributed by atoms with Crippen LogP contribution in [-0.2, 0) is 14.3 Å². The van der Waals surface area contributed by atoms with E-state index in [-0.39, 0.29) is 18.0 Å². The molecule has 0 amide bonds. The lowest BCUT2D eigenvalue weighted by atomic mass is 10.0. The first-order valence-electron chi connectivity index (χ1n) is 5.91. The molecule has 0 N–H and O–H groups in total. The van der Waals surface area contributed by atoms with Gasteiger partial charge in [-0.1, -0.05) is 17.2 Å². The number of allylic oxidation sites excluding steroid dienone is 3. The molecule has 3 nitrogen and oxygen atoms in total. The van der Waals surface area contributed by atoms with E-state index in [4.69, 9.17) is 4.74 Å². The zero-order valence-corrected chi connectivity index (χ0v) is 11.4. The van der Waals surface area contributed by atoms with E-state index in [2.05, 4.69) is 6.08 Å². The molecule has 0 saturated carbocycles. The molecule has 0 aromatic rings. The molecule has 0 rings (SSSR count). The molecule has 0 atom stereocenters. The molecule has 0 aromatic heterocycles. The van der Waals surface area contributed by atoms with Crippen molar-refractivity contribution in [2.75, 3.05) is 6.61 Å². The summed E-state index contributed by atoms with van der Waals surface area (Å²) in [5, 5.41) is 0. The average molecular weight is 238 g/mol. The lowest BCUT2D eigenvalue weighted by Crippen LogP contribution is -2.15. The minimum absolute atomic E-state index is 0.203. The number of ketones is 1. The fourth-order valence-electron chi connectivity index (χ4n) is 1.52. The molecule has 0 unspecified atom stereocenters. The van der Waals surface area contributed by atoms with Crippen LogP contribution in [0.1, 0.15) is 47.5 Å². The van der Waals surface area contributed by atoms with Crippen LogP contribution in [-0.4, -0.2) is 18.4 Å². The standard InChI is InChI=1S/C14H22O3/c1-6-17-14(16)13(12(5)15)11(4)9-7-8-10(2)3/h8H,6-7,9H2,1-5H3/b13-11+. The van der Waals surface area contributed by atoms with E-state index < -0.39 is 5.97 Å². The van der Waals surface area contributed by atoms with E-state index in [1.165, 1.54) is 12.5 Å². The molecule has 0 aliphatic carbocycles. The van der Waals surface area contributed by atoms with Gasteiger partial charge in [-0.05, 0) is 47.5 Å². The first-order valence-corrected chi connectivity index (χ1v) is 5.91. The van der Waals surface area contributed by atoms with Crippen molar-refractivity contribution in [3.05, 3.63) is 22.8 Å². The van der Waals surface area contributed by atoms with Crippen molar-refractivity contribution in [2.24, 2.45) is 0 Å². The van der Waals surface area contributed by atoms with Crippen LogP contribution in [0.25, 0.3) is 0 Å². The Morgan fingerprint density at radius 2 is 1.71 bits per heavy atom. The molecule has 0 bridgehead atoms. The highest BCUT2D eigenvalue weighted by molar-refractivity contribution is 6.16. The molecule has 0 spiro atoms. The summed E-state index contributed by atoms with van der Waals surface area (Å²) in [5.41, 5.74) is 2.24. The van der Waals surface area contributed by atoms with E-state index in [1.807, 2.05) is 20.8 Å². The van der Waals surface area contributed by atoms with E-state index in [0.717, 1.165) is 12.0 Å². The van der Waals surface area contributed by atoms with E-state index >= 15 is 0 Å². The molecule has 0 saturated heterocycles. The molecule has 96 valence electrons. The molecular weight excluding hydrogens is 216 g/mol. The van der Waals surface area contributed by atoms with Gasteiger partial charge in [0.15, 0.2) is 5.78 Å². The summed E-state index contributed by atoms with van der Waals surface area (Å²) >= 11 is 0. The second-order valence-electron chi connectivity index (χ2n) is 4.25. The number of hydrogen-bond donors (Lipinski definition) is 0. The van der Waals surface area contributed by atoms with Crippen molar-refractivity contribution < 1.29 is 14.3 Å². The van der Waals surface area contributed by atoms with E-state index in [1.54, 1.807) is 6.92 Å². The van der Waals surface area contributed by atoms with Crippen molar-refractivity contribution in [3.8, 4) is 0 Å². The lowest BCUT2D eigenvalue weighted by molar-refractivity contribution is -0.139. The molecule has 0 heterocycles. The first-order chi connectivity index (χ1) is 7.90. The topological polar surface area (TPSA) is 43.4 Å². The molecule has 0 fully saturated rings. The largest absolute Gasteiger partial charge is 0.462 e. The van der Waals surface area contributed by atoms with E-state index in [9.17, 15) is 9.59 Å². The molecular formula is C14H22O3. The van der Waals surface area contributed by atoms with Crippen molar-refractivity contribution in [3.63, 3.8) is 0 Å². The number of rotatable bonds is 6. The Morgan fingerprint density at radius 1 is 1.12 bits per heavy atom. The number of carbonyl (C=O) groups is 2.